The molecule has 3 N–H and O–H groups in total. The maximum atomic E-state index is 12.5. The SMILES string of the molecule is CCCC/C=C\C/C=C\CCCCCCCC(=O)OCCCCCCCCCCCCCCCCCCCCCCCCCCCCCCCCCCCC(=O)NC(CO)C(O)/C=C/CCCCCCCCCCCCCCCCCC. The molecule has 6 heteroatoms. The third kappa shape index (κ3) is 67.2. The van der Waals surface area contributed by atoms with Gasteiger partial charge in [-0.2, -0.15) is 0 Å². The number of aliphatic hydroxyl groups excluding tert-OH is 2. The molecular formula is C76H145NO5. The number of carbonyl (C=O) groups excluding carboxylic acids is 2. The fourth-order valence-electron chi connectivity index (χ4n) is 11.7. The van der Waals surface area contributed by atoms with Crippen LogP contribution in [-0.2, 0) is 14.3 Å². The van der Waals surface area contributed by atoms with E-state index in [9.17, 15) is 19.8 Å². The first-order valence-electron chi connectivity index (χ1n) is 37.3. The van der Waals surface area contributed by atoms with E-state index in [1.165, 1.54) is 334 Å². The fourth-order valence-corrected chi connectivity index (χ4v) is 11.7. The van der Waals surface area contributed by atoms with Crippen LogP contribution in [0, 0.1) is 0 Å². The van der Waals surface area contributed by atoms with Gasteiger partial charge >= 0.3 is 5.97 Å². The van der Waals surface area contributed by atoms with Gasteiger partial charge in [0.05, 0.1) is 25.4 Å². The minimum atomic E-state index is -0.842. The molecule has 0 heterocycles. The molecule has 0 rings (SSSR count). The number of allylic oxidation sites excluding steroid dienone is 5. The lowest BCUT2D eigenvalue weighted by atomic mass is 10.0. The zero-order valence-electron chi connectivity index (χ0n) is 55.5. The van der Waals surface area contributed by atoms with E-state index in [4.69, 9.17) is 4.74 Å². The van der Waals surface area contributed by atoms with Crippen molar-refractivity contribution < 1.29 is 24.5 Å². The molecule has 2 atom stereocenters. The number of esters is 1. The fraction of sp³-hybridized carbons (Fsp3) is 0.895. The highest BCUT2D eigenvalue weighted by Crippen LogP contribution is 2.19. The molecule has 484 valence electrons. The van der Waals surface area contributed by atoms with Gasteiger partial charge in [0.25, 0.3) is 0 Å². The van der Waals surface area contributed by atoms with Gasteiger partial charge in [-0.05, 0) is 57.8 Å². The minimum Gasteiger partial charge on any atom is -0.466 e. The molecule has 0 saturated carbocycles. The number of nitrogens with one attached hydrogen (secondary N) is 1. The van der Waals surface area contributed by atoms with Crippen LogP contribution in [-0.4, -0.2) is 47.4 Å². The molecule has 0 aromatic carbocycles. The molecule has 2 unspecified atom stereocenters. The maximum absolute atomic E-state index is 12.5. The summed E-state index contributed by atoms with van der Waals surface area (Å²) < 4.78 is 5.49. The van der Waals surface area contributed by atoms with E-state index in [2.05, 4.69) is 43.5 Å². The van der Waals surface area contributed by atoms with Crippen molar-refractivity contribution in [3.05, 3.63) is 36.5 Å². The van der Waals surface area contributed by atoms with Crippen molar-refractivity contribution in [1.82, 2.24) is 5.32 Å². The highest BCUT2D eigenvalue weighted by Gasteiger charge is 2.18. The summed E-state index contributed by atoms with van der Waals surface area (Å²) in [5, 5.41) is 23.2. The van der Waals surface area contributed by atoms with Crippen LogP contribution in [0.4, 0.5) is 0 Å². The first kappa shape index (κ1) is 80.1. The number of unbranched alkanes of at least 4 members (excludes halogenated alkanes) is 55. The average molecular weight is 1150 g/mol. The van der Waals surface area contributed by atoms with Crippen molar-refractivity contribution in [1.29, 1.82) is 0 Å². The summed E-state index contributed by atoms with van der Waals surface area (Å²) in [6.45, 7) is 4.90. The summed E-state index contributed by atoms with van der Waals surface area (Å²) in [5.74, 6) is -0.0526. The lowest BCUT2D eigenvalue weighted by Crippen LogP contribution is -2.45. The number of ether oxygens (including phenoxy) is 1. The van der Waals surface area contributed by atoms with Crippen LogP contribution in [0.5, 0.6) is 0 Å². The molecule has 0 spiro atoms. The summed E-state index contributed by atoms with van der Waals surface area (Å²) in [6.07, 6.45) is 92.5. The van der Waals surface area contributed by atoms with Crippen LogP contribution in [0.2, 0.25) is 0 Å². The number of hydrogen-bond acceptors (Lipinski definition) is 5. The lowest BCUT2D eigenvalue weighted by Gasteiger charge is -2.20. The molecule has 0 aliphatic carbocycles. The Morgan fingerprint density at radius 1 is 0.341 bits per heavy atom. The van der Waals surface area contributed by atoms with Gasteiger partial charge in [-0.1, -0.05) is 378 Å². The average Bonchev–Trinajstić information content (AvgIpc) is 3.48. The van der Waals surface area contributed by atoms with Crippen LogP contribution >= 0.6 is 0 Å². The van der Waals surface area contributed by atoms with E-state index in [0.29, 0.717) is 19.4 Å². The largest absolute Gasteiger partial charge is 0.466 e. The third-order valence-electron chi connectivity index (χ3n) is 17.4. The standard InChI is InChI=1S/C76H145NO5/c1-3-5-7-9-11-13-15-17-19-20-38-41-44-48-52-56-60-64-68-74(79)73(72-78)77-75(80)69-65-61-57-53-49-45-42-39-36-34-32-30-28-26-24-22-21-23-25-27-29-31-33-35-37-40-43-47-51-55-59-63-67-71-82-76(81)70-66-62-58-54-50-46-18-16-14-12-10-8-6-4-2/h10,12,16,18,64,68,73-74,78-79H,3-9,11,13-15,17,19-63,65-67,69-72H2,1-2H3,(H,77,80)/b12-10-,18-16-,68-64+. The Hall–Kier alpha value is -1.92. The molecule has 82 heavy (non-hydrogen) atoms. The van der Waals surface area contributed by atoms with Gasteiger partial charge in [0, 0.05) is 12.8 Å². The third-order valence-corrected chi connectivity index (χ3v) is 17.4. The van der Waals surface area contributed by atoms with Gasteiger partial charge in [-0.3, -0.25) is 9.59 Å². The summed E-state index contributed by atoms with van der Waals surface area (Å²) >= 11 is 0. The minimum absolute atomic E-state index is 0.00717. The number of hydrogen-bond donors (Lipinski definition) is 3. The highest BCUT2D eigenvalue weighted by atomic mass is 16.5. The van der Waals surface area contributed by atoms with E-state index < -0.39 is 12.1 Å². The highest BCUT2D eigenvalue weighted by molar-refractivity contribution is 5.76. The first-order valence-corrected chi connectivity index (χ1v) is 37.3. The van der Waals surface area contributed by atoms with Gasteiger partial charge in [-0.25, -0.2) is 0 Å². The second-order valence-corrected chi connectivity index (χ2v) is 25.6. The molecule has 0 radical (unpaired) electrons. The Kier molecular flexibility index (Phi) is 69.9. The topological polar surface area (TPSA) is 95.9 Å². The molecule has 0 fully saturated rings. The smallest absolute Gasteiger partial charge is 0.305 e. The van der Waals surface area contributed by atoms with Crippen LogP contribution in [0.15, 0.2) is 36.5 Å². The summed E-state index contributed by atoms with van der Waals surface area (Å²) in [4.78, 5) is 24.6. The maximum Gasteiger partial charge on any atom is 0.305 e. The monoisotopic (exact) mass is 1150 g/mol. The van der Waals surface area contributed by atoms with Crippen molar-refractivity contribution in [3.8, 4) is 0 Å². The molecule has 0 aromatic heterocycles. The second kappa shape index (κ2) is 71.6. The zero-order valence-corrected chi connectivity index (χ0v) is 55.5. The van der Waals surface area contributed by atoms with Gasteiger partial charge in [0.15, 0.2) is 0 Å². The van der Waals surface area contributed by atoms with Crippen molar-refractivity contribution in [2.75, 3.05) is 13.2 Å². The van der Waals surface area contributed by atoms with E-state index in [0.717, 1.165) is 51.4 Å². The van der Waals surface area contributed by atoms with E-state index in [-0.39, 0.29) is 18.5 Å². The molecular weight excluding hydrogens is 1010 g/mol. The normalized spacial score (nSPS) is 12.7. The Labute approximate surface area is 513 Å². The number of amides is 1. The van der Waals surface area contributed by atoms with Crippen molar-refractivity contribution >= 4 is 11.9 Å². The van der Waals surface area contributed by atoms with Crippen molar-refractivity contribution in [3.63, 3.8) is 0 Å². The lowest BCUT2D eigenvalue weighted by molar-refractivity contribution is -0.143. The Morgan fingerprint density at radius 3 is 0.963 bits per heavy atom. The van der Waals surface area contributed by atoms with Crippen molar-refractivity contribution in [2.24, 2.45) is 0 Å². The van der Waals surface area contributed by atoms with E-state index in [1.807, 2.05) is 6.08 Å². The zero-order chi connectivity index (χ0) is 59.2. The Bertz CT molecular complexity index is 1330. The molecule has 6 nitrogen and oxygen atoms in total. The van der Waals surface area contributed by atoms with Crippen LogP contribution in [0.3, 0.4) is 0 Å². The van der Waals surface area contributed by atoms with E-state index >= 15 is 0 Å². The summed E-state index contributed by atoms with van der Waals surface area (Å²) in [6, 6.07) is -0.625. The van der Waals surface area contributed by atoms with Crippen LogP contribution in [0.25, 0.3) is 0 Å². The quantitative estimate of drug-likeness (QED) is 0.0320. The number of rotatable bonds is 70. The molecule has 0 saturated heterocycles. The summed E-state index contributed by atoms with van der Waals surface area (Å²) in [5.41, 5.74) is 0. The molecule has 0 aliphatic rings. The van der Waals surface area contributed by atoms with Crippen molar-refractivity contribution in [2.45, 2.75) is 424 Å². The van der Waals surface area contributed by atoms with Gasteiger partial charge < -0.3 is 20.3 Å². The summed E-state index contributed by atoms with van der Waals surface area (Å²) in [7, 11) is 0. The van der Waals surface area contributed by atoms with Gasteiger partial charge in [0.2, 0.25) is 5.91 Å². The number of aliphatic hydroxyl groups is 2. The first-order chi connectivity index (χ1) is 40.5. The molecule has 0 bridgehead atoms. The molecule has 0 aromatic rings. The Balaban J connectivity index is 3.34. The van der Waals surface area contributed by atoms with Gasteiger partial charge in [-0.15, -0.1) is 0 Å². The predicted molar refractivity (Wildman–Crippen MR) is 361 cm³/mol. The number of carbonyl (C=O) groups is 2. The van der Waals surface area contributed by atoms with Crippen LogP contribution < -0.4 is 5.32 Å². The van der Waals surface area contributed by atoms with Crippen LogP contribution in [0.1, 0.15) is 412 Å². The molecule has 0 aliphatic heterocycles. The molecule has 1 amide bonds. The van der Waals surface area contributed by atoms with Gasteiger partial charge in [0.1, 0.15) is 0 Å². The predicted octanol–water partition coefficient (Wildman–Crippen LogP) is 24.3. The second-order valence-electron chi connectivity index (χ2n) is 25.6. The Morgan fingerprint density at radius 2 is 0.622 bits per heavy atom. The van der Waals surface area contributed by atoms with E-state index in [1.54, 1.807) is 6.08 Å².